The molecule has 0 heterocycles. The van der Waals surface area contributed by atoms with Crippen molar-refractivity contribution < 1.29 is 10.3 Å². The fourth-order valence-corrected chi connectivity index (χ4v) is 1.89. The van der Waals surface area contributed by atoms with Crippen LogP contribution in [0, 0.1) is 0 Å². The van der Waals surface area contributed by atoms with Gasteiger partial charge in [-0.05, 0) is 25.5 Å². The van der Waals surface area contributed by atoms with Crippen LogP contribution in [-0.2, 0) is 0 Å². The zero-order chi connectivity index (χ0) is 11.0. The molecule has 0 aromatic rings. The van der Waals surface area contributed by atoms with Gasteiger partial charge in [-0.25, -0.2) is 0 Å². The summed E-state index contributed by atoms with van der Waals surface area (Å²) >= 11 is 1.75. The quantitative estimate of drug-likeness (QED) is 0.199. The normalized spacial score (nSPS) is 16.6. The Kier molecular flexibility index (Phi) is 7.70. The molecule has 0 fully saturated rings. The Bertz CT molecular complexity index is 174. The molecule has 14 heavy (non-hydrogen) atoms. The van der Waals surface area contributed by atoms with Crippen LogP contribution in [0.2, 0.25) is 0 Å². The molecule has 0 aliphatic carbocycles. The Morgan fingerprint density at radius 1 is 1.43 bits per heavy atom. The minimum atomic E-state index is -0.260. The Hall–Kier alpha value is -0.420. The van der Waals surface area contributed by atoms with E-state index >= 15 is 0 Å². The first-order valence-corrected chi connectivity index (χ1v) is 5.89. The van der Waals surface area contributed by atoms with E-state index in [-0.39, 0.29) is 11.4 Å². The standard InChI is InChI=1S/C9H20N2O2S/c1-7(12)8(2)14-6-4-3-5-9(10)11-13/h7-8,12-13H,3-6H2,1-2H3,(H2,10,11). The van der Waals surface area contributed by atoms with Crippen molar-refractivity contribution in [2.45, 2.75) is 44.5 Å². The van der Waals surface area contributed by atoms with Crippen molar-refractivity contribution in [2.75, 3.05) is 5.75 Å². The number of rotatable bonds is 7. The van der Waals surface area contributed by atoms with Gasteiger partial charge in [0.15, 0.2) is 0 Å². The van der Waals surface area contributed by atoms with Gasteiger partial charge in [-0.1, -0.05) is 12.1 Å². The summed E-state index contributed by atoms with van der Waals surface area (Å²) in [7, 11) is 0. The first-order valence-electron chi connectivity index (χ1n) is 4.84. The fraction of sp³-hybridized carbons (Fsp3) is 0.889. The lowest BCUT2D eigenvalue weighted by atomic mass is 10.2. The van der Waals surface area contributed by atoms with Crippen LogP contribution in [0.25, 0.3) is 0 Å². The second-order valence-electron chi connectivity index (χ2n) is 3.36. The van der Waals surface area contributed by atoms with Crippen molar-refractivity contribution >= 4 is 17.6 Å². The molecule has 0 amide bonds. The van der Waals surface area contributed by atoms with Crippen molar-refractivity contribution in [3.05, 3.63) is 0 Å². The summed E-state index contributed by atoms with van der Waals surface area (Å²) in [4.78, 5) is 0. The van der Waals surface area contributed by atoms with Crippen LogP contribution in [-0.4, -0.2) is 33.3 Å². The van der Waals surface area contributed by atoms with Crippen molar-refractivity contribution in [1.82, 2.24) is 0 Å². The number of nitrogens with zero attached hydrogens (tertiary/aromatic N) is 1. The van der Waals surface area contributed by atoms with Gasteiger partial charge in [-0.3, -0.25) is 0 Å². The summed E-state index contributed by atoms with van der Waals surface area (Å²) in [6.07, 6.45) is 2.33. The van der Waals surface area contributed by atoms with Gasteiger partial charge in [-0.2, -0.15) is 11.8 Å². The predicted octanol–water partition coefficient (Wildman–Crippen LogP) is 1.41. The van der Waals surface area contributed by atoms with E-state index in [1.165, 1.54) is 0 Å². The summed E-state index contributed by atoms with van der Waals surface area (Å²) < 4.78 is 0. The van der Waals surface area contributed by atoms with E-state index in [4.69, 9.17) is 10.9 Å². The molecule has 0 spiro atoms. The number of nitrogens with two attached hydrogens (primary N) is 1. The molecule has 84 valence electrons. The number of amidine groups is 1. The number of aliphatic hydroxyl groups is 1. The van der Waals surface area contributed by atoms with Crippen LogP contribution >= 0.6 is 11.8 Å². The summed E-state index contributed by atoms with van der Waals surface area (Å²) in [6, 6.07) is 0. The summed E-state index contributed by atoms with van der Waals surface area (Å²) in [5.74, 6) is 1.30. The zero-order valence-corrected chi connectivity index (χ0v) is 9.63. The Balaban J connectivity index is 3.30. The highest BCUT2D eigenvalue weighted by atomic mass is 32.2. The van der Waals surface area contributed by atoms with Gasteiger partial charge in [-0.15, -0.1) is 0 Å². The van der Waals surface area contributed by atoms with Crippen LogP contribution in [0.15, 0.2) is 5.16 Å². The van der Waals surface area contributed by atoms with E-state index in [0.29, 0.717) is 12.3 Å². The van der Waals surface area contributed by atoms with Crippen LogP contribution in [0.1, 0.15) is 33.1 Å². The summed E-state index contributed by atoms with van der Waals surface area (Å²) in [5.41, 5.74) is 5.32. The molecule has 0 rings (SSSR count). The smallest absolute Gasteiger partial charge is 0.139 e. The lowest BCUT2D eigenvalue weighted by Gasteiger charge is -2.13. The van der Waals surface area contributed by atoms with Gasteiger partial charge in [0, 0.05) is 11.7 Å². The maximum atomic E-state index is 9.21. The van der Waals surface area contributed by atoms with E-state index < -0.39 is 0 Å². The van der Waals surface area contributed by atoms with Crippen LogP contribution in [0.4, 0.5) is 0 Å². The number of hydrogen-bond acceptors (Lipinski definition) is 4. The molecule has 4 nitrogen and oxygen atoms in total. The molecule has 2 unspecified atom stereocenters. The van der Waals surface area contributed by atoms with Gasteiger partial charge < -0.3 is 16.0 Å². The van der Waals surface area contributed by atoms with Gasteiger partial charge in [0.25, 0.3) is 0 Å². The van der Waals surface area contributed by atoms with E-state index in [0.717, 1.165) is 18.6 Å². The highest BCUT2D eigenvalue weighted by Gasteiger charge is 2.07. The van der Waals surface area contributed by atoms with E-state index in [1.54, 1.807) is 18.7 Å². The minimum Gasteiger partial charge on any atom is -0.409 e. The number of thioether (sulfide) groups is 1. The summed E-state index contributed by atoms with van der Waals surface area (Å²) in [6.45, 7) is 3.81. The molecule has 0 aliphatic rings. The lowest BCUT2D eigenvalue weighted by molar-refractivity contribution is 0.196. The molecule has 0 aromatic carbocycles. The maximum Gasteiger partial charge on any atom is 0.139 e. The number of hydrogen-bond donors (Lipinski definition) is 3. The fourth-order valence-electron chi connectivity index (χ4n) is 0.867. The van der Waals surface area contributed by atoms with Gasteiger partial charge >= 0.3 is 0 Å². The zero-order valence-electron chi connectivity index (χ0n) is 8.81. The molecule has 4 N–H and O–H groups in total. The highest BCUT2D eigenvalue weighted by Crippen LogP contribution is 2.16. The lowest BCUT2D eigenvalue weighted by Crippen LogP contribution is -2.15. The molecular weight excluding hydrogens is 200 g/mol. The monoisotopic (exact) mass is 220 g/mol. The van der Waals surface area contributed by atoms with Gasteiger partial charge in [0.1, 0.15) is 5.84 Å². The van der Waals surface area contributed by atoms with Crippen LogP contribution < -0.4 is 5.73 Å². The minimum absolute atomic E-state index is 0.260. The van der Waals surface area contributed by atoms with Crippen LogP contribution in [0.3, 0.4) is 0 Å². The molecule has 0 saturated carbocycles. The molecule has 0 aromatic heterocycles. The average molecular weight is 220 g/mol. The van der Waals surface area contributed by atoms with Gasteiger partial charge in [0.2, 0.25) is 0 Å². The van der Waals surface area contributed by atoms with E-state index in [2.05, 4.69) is 5.16 Å². The molecule has 5 heteroatoms. The van der Waals surface area contributed by atoms with Crippen molar-refractivity contribution in [3.63, 3.8) is 0 Å². The highest BCUT2D eigenvalue weighted by molar-refractivity contribution is 7.99. The predicted molar refractivity (Wildman–Crippen MR) is 60.9 cm³/mol. The average Bonchev–Trinajstić information content (AvgIpc) is 2.16. The molecule has 0 saturated heterocycles. The molecule has 0 bridgehead atoms. The third kappa shape index (κ3) is 7.03. The molecule has 0 radical (unpaired) electrons. The largest absolute Gasteiger partial charge is 0.409 e. The van der Waals surface area contributed by atoms with E-state index in [9.17, 15) is 5.11 Å². The van der Waals surface area contributed by atoms with Crippen molar-refractivity contribution in [2.24, 2.45) is 10.9 Å². The third-order valence-electron chi connectivity index (χ3n) is 2.02. The molecular formula is C9H20N2O2S. The number of unbranched alkanes of at least 4 members (excludes halogenated alkanes) is 1. The van der Waals surface area contributed by atoms with Crippen molar-refractivity contribution in [1.29, 1.82) is 0 Å². The summed E-state index contributed by atoms with van der Waals surface area (Å²) in [5, 5.41) is 20.7. The topological polar surface area (TPSA) is 78.8 Å². The van der Waals surface area contributed by atoms with E-state index in [1.807, 2.05) is 6.92 Å². The molecule has 0 aliphatic heterocycles. The number of aliphatic hydroxyl groups excluding tert-OH is 1. The second-order valence-corrected chi connectivity index (χ2v) is 4.85. The molecule has 2 atom stereocenters. The van der Waals surface area contributed by atoms with Crippen molar-refractivity contribution in [3.8, 4) is 0 Å². The second kappa shape index (κ2) is 7.94. The number of oxime groups is 1. The maximum absolute atomic E-state index is 9.21. The third-order valence-corrected chi connectivity index (χ3v) is 3.46. The van der Waals surface area contributed by atoms with Gasteiger partial charge in [0.05, 0.1) is 6.10 Å². The Labute approximate surface area is 89.6 Å². The Morgan fingerprint density at radius 2 is 2.07 bits per heavy atom. The first kappa shape index (κ1) is 13.6. The SMILES string of the molecule is CC(O)C(C)SCCCCC(N)=NO. The first-order chi connectivity index (χ1) is 6.57. The van der Waals surface area contributed by atoms with Crippen LogP contribution in [0.5, 0.6) is 0 Å². The Morgan fingerprint density at radius 3 is 2.57 bits per heavy atom.